The van der Waals surface area contributed by atoms with Crippen LogP contribution in [-0.2, 0) is 4.79 Å². The van der Waals surface area contributed by atoms with E-state index in [9.17, 15) is 4.79 Å². The lowest BCUT2D eigenvalue weighted by Crippen LogP contribution is -2.45. The van der Waals surface area contributed by atoms with Gasteiger partial charge in [-0.1, -0.05) is 0 Å². The highest BCUT2D eigenvalue weighted by atomic mass is 32.2. The van der Waals surface area contributed by atoms with Crippen LogP contribution in [0, 0.1) is 6.92 Å². The smallest absolute Gasteiger partial charge is 0.224 e. The van der Waals surface area contributed by atoms with Crippen LogP contribution in [0.1, 0.15) is 30.9 Å². The van der Waals surface area contributed by atoms with Crippen LogP contribution in [0.4, 0.5) is 0 Å². The molecule has 0 spiro atoms. The molecule has 1 N–H and O–H groups in total. The van der Waals surface area contributed by atoms with Crippen molar-refractivity contribution < 1.29 is 4.79 Å². The van der Waals surface area contributed by atoms with Crippen molar-refractivity contribution in [3.63, 3.8) is 0 Å². The molecule has 1 aromatic heterocycles. The Labute approximate surface area is 130 Å². The van der Waals surface area contributed by atoms with Crippen molar-refractivity contribution in [2.75, 3.05) is 31.1 Å². The predicted octanol–water partition coefficient (Wildman–Crippen LogP) is 1.45. The van der Waals surface area contributed by atoms with E-state index < -0.39 is 0 Å². The van der Waals surface area contributed by atoms with Gasteiger partial charge in [-0.05, 0) is 25.3 Å². The molecular formula is C15H24N4OS. The fraction of sp³-hybridized carbons (Fsp3) is 0.733. The van der Waals surface area contributed by atoms with Crippen LogP contribution in [0.2, 0.25) is 0 Å². The number of rotatable bonds is 3. The van der Waals surface area contributed by atoms with Gasteiger partial charge >= 0.3 is 0 Å². The highest BCUT2D eigenvalue weighted by Gasteiger charge is 2.27. The molecular weight excluding hydrogens is 284 g/mol. The summed E-state index contributed by atoms with van der Waals surface area (Å²) in [5, 5.41) is 7.86. The Morgan fingerprint density at radius 3 is 3.19 bits per heavy atom. The van der Waals surface area contributed by atoms with Crippen LogP contribution in [0.25, 0.3) is 0 Å². The lowest BCUT2D eigenvalue weighted by molar-refractivity contribution is -0.133. The maximum atomic E-state index is 12.5. The first-order chi connectivity index (χ1) is 10.2. The van der Waals surface area contributed by atoms with E-state index in [2.05, 4.69) is 23.5 Å². The molecule has 21 heavy (non-hydrogen) atoms. The van der Waals surface area contributed by atoms with Gasteiger partial charge in [0.2, 0.25) is 5.91 Å². The summed E-state index contributed by atoms with van der Waals surface area (Å²) in [6, 6.07) is 0.689. The van der Waals surface area contributed by atoms with E-state index in [0.717, 1.165) is 44.0 Å². The van der Waals surface area contributed by atoms with Crippen molar-refractivity contribution in [3.8, 4) is 0 Å². The molecule has 1 aromatic rings. The summed E-state index contributed by atoms with van der Waals surface area (Å²) in [6.07, 6.45) is 6.80. The maximum absolute atomic E-state index is 12.5. The fourth-order valence-electron chi connectivity index (χ4n) is 3.12. The van der Waals surface area contributed by atoms with Gasteiger partial charge in [-0.25, -0.2) is 0 Å². The minimum atomic E-state index is 0.295. The molecule has 1 amide bonds. The van der Waals surface area contributed by atoms with Gasteiger partial charge in [-0.2, -0.15) is 16.9 Å². The molecule has 2 aliphatic heterocycles. The average Bonchev–Trinajstić information content (AvgIpc) is 2.95. The average molecular weight is 308 g/mol. The Kier molecular flexibility index (Phi) is 4.85. The first-order valence-electron chi connectivity index (χ1n) is 7.82. The third kappa shape index (κ3) is 3.80. The molecule has 2 saturated heterocycles. The highest BCUT2D eigenvalue weighted by molar-refractivity contribution is 7.99. The van der Waals surface area contributed by atoms with E-state index in [1.54, 1.807) is 0 Å². The Morgan fingerprint density at radius 2 is 2.48 bits per heavy atom. The van der Waals surface area contributed by atoms with Crippen LogP contribution in [0.5, 0.6) is 0 Å². The normalized spacial score (nSPS) is 26.8. The van der Waals surface area contributed by atoms with E-state index in [4.69, 9.17) is 0 Å². The van der Waals surface area contributed by atoms with Gasteiger partial charge in [-0.3, -0.25) is 9.48 Å². The number of nitrogens with one attached hydrogen (secondary N) is 1. The molecule has 2 fully saturated rings. The maximum Gasteiger partial charge on any atom is 0.224 e. The Hall–Kier alpha value is -1.01. The molecule has 0 aromatic carbocycles. The van der Waals surface area contributed by atoms with Gasteiger partial charge < -0.3 is 10.2 Å². The van der Waals surface area contributed by atoms with E-state index in [1.165, 1.54) is 5.56 Å². The number of nitrogens with zero attached hydrogens (tertiary/aromatic N) is 3. The number of piperidine rings is 1. The highest BCUT2D eigenvalue weighted by Crippen LogP contribution is 2.22. The molecule has 2 unspecified atom stereocenters. The summed E-state index contributed by atoms with van der Waals surface area (Å²) in [6.45, 7) is 4.79. The number of aromatic nitrogens is 2. The van der Waals surface area contributed by atoms with Crippen LogP contribution < -0.4 is 5.32 Å². The number of amides is 1. The van der Waals surface area contributed by atoms with Gasteiger partial charge in [0, 0.05) is 49.8 Å². The van der Waals surface area contributed by atoms with E-state index >= 15 is 0 Å². The quantitative estimate of drug-likeness (QED) is 0.918. The third-order valence-electron chi connectivity index (χ3n) is 4.27. The molecule has 2 atom stereocenters. The predicted molar refractivity (Wildman–Crippen MR) is 85.5 cm³/mol. The number of likely N-dealkylation sites (tertiary alicyclic amines) is 1. The molecule has 3 rings (SSSR count). The molecule has 0 saturated carbocycles. The first-order valence-corrected chi connectivity index (χ1v) is 8.97. The zero-order valence-corrected chi connectivity index (χ0v) is 13.4. The summed E-state index contributed by atoms with van der Waals surface area (Å²) >= 11 is 1.94. The largest absolute Gasteiger partial charge is 0.341 e. The Bertz CT molecular complexity index is 484. The second-order valence-electron chi connectivity index (χ2n) is 6.06. The summed E-state index contributed by atoms with van der Waals surface area (Å²) in [7, 11) is 0. The first kappa shape index (κ1) is 14.9. The number of hydrogen-bond donors (Lipinski definition) is 1. The number of carbonyl (C=O) groups is 1. The number of carbonyl (C=O) groups excluding carboxylic acids is 1. The standard InChI is InChI=1S/C15H24N4OS/c1-12-8-17-19(9-12)14-3-2-5-18(10-14)15(20)7-13-11-21-6-4-16-13/h8-9,13-14,16H,2-7,10-11H2,1H3. The molecule has 5 nitrogen and oxygen atoms in total. The van der Waals surface area contributed by atoms with Gasteiger partial charge in [0.1, 0.15) is 0 Å². The van der Waals surface area contributed by atoms with Gasteiger partial charge in [0.05, 0.1) is 12.2 Å². The molecule has 116 valence electrons. The zero-order valence-electron chi connectivity index (χ0n) is 12.6. The van der Waals surface area contributed by atoms with Crippen molar-refractivity contribution in [1.82, 2.24) is 20.0 Å². The molecule has 6 heteroatoms. The van der Waals surface area contributed by atoms with Crippen molar-refractivity contribution in [2.24, 2.45) is 0 Å². The molecule has 3 heterocycles. The molecule has 0 bridgehead atoms. The number of thioether (sulfide) groups is 1. The zero-order chi connectivity index (χ0) is 14.7. The molecule has 0 radical (unpaired) electrons. The molecule has 2 aliphatic rings. The van der Waals surface area contributed by atoms with Crippen LogP contribution in [0.3, 0.4) is 0 Å². The van der Waals surface area contributed by atoms with Gasteiger partial charge in [-0.15, -0.1) is 0 Å². The summed E-state index contributed by atoms with van der Waals surface area (Å²) < 4.78 is 2.03. The number of hydrogen-bond acceptors (Lipinski definition) is 4. The van der Waals surface area contributed by atoms with E-state index in [-0.39, 0.29) is 0 Å². The van der Waals surface area contributed by atoms with Crippen LogP contribution in [0.15, 0.2) is 12.4 Å². The van der Waals surface area contributed by atoms with E-state index in [0.29, 0.717) is 24.4 Å². The van der Waals surface area contributed by atoms with Crippen LogP contribution >= 0.6 is 11.8 Å². The Balaban J connectivity index is 1.56. The lowest BCUT2D eigenvalue weighted by atomic mass is 10.0. The third-order valence-corrected chi connectivity index (χ3v) is 5.40. The summed E-state index contributed by atoms with van der Waals surface area (Å²) in [5.41, 5.74) is 1.18. The second kappa shape index (κ2) is 6.83. The van der Waals surface area contributed by atoms with Crippen molar-refractivity contribution >= 4 is 17.7 Å². The van der Waals surface area contributed by atoms with Gasteiger partial charge in [0.15, 0.2) is 0 Å². The second-order valence-corrected chi connectivity index (χ2v) is 7.21. The lowest BCUT2D eigenvalue weighted by Gasteiger charge is -2.34. The molecule has 0 aliphatic carbocycles. The minimum absolute atomic E-state index is 0.295. The Morgan fingerprint density at radius 1 is 1.57 bits per heavy atom. The van der Waals surface area contributed by atoms with Crippen molar-refractivity contribution in [1.29, 1.82) is 0 Å². The summed E-state index contributed by atoms with van der Waals surface area (Å²) in [4.78, 5) is 14.5. The summed E-state index contributed by atoms with van der Waals surface area (Å²) in [5.74, 6) is 2.51. The SMILES string of the molecule is Cc1cnn(C2CCCN(C(=O)CC3CSCCN3)C2)c1. The topological polar surface area (TPSA) is 50.2 Å². The van der Waals surface area contributed by atoms with Crippen molar-refractivity contribution in [3.05, 3.63) is 18.0 Å². The van der Waals surface area contributed by atoms with Crippen LogP contribution in [-0.4, -0.2) is 57.8 Å². The van der Waals surface area contributed by atoms with Gasteiger partial charge in [0.25, 0.3) is 0 Å². The van der Waals surface area contributed by atoms with E-state index in [1.807, 2.05) is 27.5 Å². The minimum Gasteiger partial charge on any atom is -0.341 e. The monoisotopic (exact) mass is 308 g/mol. The fourth-order valence-corrected chi connectivity index (χ4v) is 4.07. The van der Waals surface area contributed by atoms with Crippen molar-refractivity contribution in [2.45, 2.75) is 38.3 Å². The number of aryl methyl sites for hydroxylation is 1.